The quantitative estimate of drug-likeness (QED) is 0.493. The fourth-order valence-corrected chi connectivity index (χ4v) is 6.85. The van der Waals surface area contributed by atoms with E-state index in [2.05, 4.69) is 0 Å². The first kappa shape index (κ1) is 24.6. The average molecular weight is 481 g/mol. The Bertz CT molecular complexity index is 1120. The highest BCUT2D eigenvalue weighted by atomic mass is 32.2. The first-order valence-electron chi connectivity index (χ1n) is 9.77. The molecule has 2 aromatic rings. The SMILES string of the molecule is O=C1c2ccccc2S(=O)(=O)CC1(CO)CO.O=C1c2ccccc2SCC1(CO)CO. The summed E-state index contributed by atoms with van der Waals surface area (Å²) in [4.78, 5) is 25.1. The van der Waals surface area contributed by atoms with Crippen molar-refractivity contribution in [3.63, 3.8) is 0 Å². The van der Waals surface area contributed by atoms with E-state index in [9.17, 15) is 38.4 Å². The van der Waals surface area contributed by atoms with Gasteiger partial charge in [0.15, 0.2) is 21.4 Å². The Morgan fingerprint density at radius 1 is 0.750 bits per heavy atom. The number of carbonyl (C=O) groups is 2. The first-order chi connectivity index (χ1) is 15.2. The van der Waals surface area contributed by atoms with Crippen LogP contribution in [-0.4, -0.2) is 78.3 Å². The third-order valence-corrected chi connectivity index (χ3v) is 9.07. The summed E-state index contributed by atoms with van der Waals surface area (Å²) in [6, 6.07) is 13.1. The molecule has 172 valence electrons. The van der Waals surface area contributed by atoms with Crippen molar-refractivity contribution in [1.29, 1.82) is 0 Å². The van der Waals surface area contributed by atoms with Gasteiger partial charge in [-0.3, -0.25) is 9.59 Å². The molecule has 4 N–H and O–H groups in total. The maximum Gasteiger partial charge on any atom is 0.180 e. The van der Waals surface area contributed by atoms with Crippen LogP contribution in [0.5, 0.6) is 0 Å². The molecule has 4 rings (SSSR count). The monoisotopic (exact) mass is 480 g/mol. The van der Waals surface area contributed by atoms with Crippen LogP contribution in [0.4, 0.5) is 0 Å². The maximum atomic E-state index is 12.1. The molecule has 2 aliphatic rings. The van der Waals surface area contributed by atoms with Gasteiger partial charge < -0.3 is 20.4 Å². The molecule has 0 fully saturated rings. The Hall–Kier alpha value is -2.08. The second-order valence-electron chi connectivity index (χ2n) is 7.89. The van der Waals surface area contributed by atoms with Gasteiger partial charge >= 0.3 is 0 Å². The van der Waals surface area contributed by atoms with Crippen LogP contribution >= 0.6 is 11.8 Å². The topological polar surface area (TPSA) is 149 Å². The van der Waals surface area contributed by atoms with Crippen LogP contribution in [0.25, 0.3) is 0 Å². The minimum atomic E-state index is -3.65. The third kappa shape index (κ3) is 4.14. The Morgan fingerprint density at radius 2 is 1.25 bits per heavy atom. The molecule has 0 atom stereocenters. The van der Waals surface area contributed by atoms with E-state index in [0.717, 1.165) is 4.90 Å². The molecular weight excluding hydrogens is 456 g/mol. The van der Waals surface area contributed by atoms with E-state index in [1.165, 1.54) is 30.0 Å². The number of benzene rings is 2. The number of hydrogen-bond donors (Lipinski definition) is 4. The highest BCUT2D eigenvalue weighted by Gasteiger charge is 2.48. The molecule has 2 heterocycles. The van der Waals surface area contributed by atoms with Crippen LogP contribution in [0.3, 0.4) is 0 Å². The van der Waals surface area contributed by atoms with Gasteiger partial charge in [0.1, 0.15) is 0 Å². The van der Waals surface area contributed by atoms with Crippen molar-refractivity contribution < 1.29 is 38.4 Å². The van der Waals surface area contributed by atoms with Gasteiger partial charge in [-0.1, -0.05) is 36.4 Å². The summed E-state index contributed by atoms with van der Waals surface area (Å²) >= 11 is 1.51. The highest BCUT2D eigenvalue weighted by Crippen LogP contribution is 2.39. The third-order valence-electron chi connectivity index (χ3n) is 5.74. The summed E-state index contributed by atoms with van der Waals surface area (Å²) < 4.78 is 24.0. The Labute approximate surface area is 189 Å². The second-order valence-corrected chi connectivity index (χ2v) is 10.9. The number of aliphatic hydroxyl groups excluding tert-OH is 4. The molecule has 2 aromatic carbocycles. The van der Waals surface area contributed by atoms with Gasteiger partial charge in [0, 0.05) is 21.8 Å². The lowest BCUT2D eigenvalue weighted by Crippen LogP contribution is -2.48. The van der Waals surface area contributed by atoms with Crippen molar-refractivity contribution in [2.45, 2.75) is 9.79 Å². The van der Waals surface area contributed by atoms with Crippen LogP contribution in [0, 0.1) is 10.8 Å². The number of rotatable bonds is 4. The molecule has 0 saturated heterocycles. The van der Waals surface area contributed by atoms with Crippen LogP contribution in [0.2, 0.25) is 0 Å². The number of fused-ring (bicyclic) bond motifs is 2. The zero-order chi connectivity index (χ0) is 23.6. The van der Waals surface area contributed by atoms with E-state index in [0.29, 0.717) is 11.3 Å². The van der Waals surface area contributed by atoms with Gasteiger partial charge in [-0.15, -0.1) is 11.8 Å². The lowest BCUT2D eigenvalue weighted by atomic mass is 9.83. The van der Waals surface area contributed by atoms with Crippen molar-refractivity contribution in [1.82, 2.24) is 0 Å². The van der Waals surface area contributed by atoms with Crippen LogP contribution in [-0.2, 0) is 9.84 Å². The number of carbonyl (C=O) groups excluding carboxylic acids is 2. The second kappa shape index (κ2) is 9.42. The molecule has 8 nitrogen and oxygen atoms in total. The maximum absolute atomic E-state index is 12.1. The lowest BCUT2D eigenvalue weighted by molar-refractivity contribution is 0.0475. The van der Waals surface area contributed by atoms with Gasteiger partial charge in [-0.25, -0.2) is 8.42 Å². The standard InChI is InChI=1S/C11H12O5S.C11H12O3S/c12-5-11(6-13)7-17(15,16)9-4-2-1-3-8(9)10(11)14;12-5-11(6-13)7-15-9-4-2-1-3-8(9)10(11)14/h1-4,12-13H,5-7H2;1-4,12-13H,5-7H2. The van der Waals surface area contributed by atoms with Crippen molar-refractivity contribution in [3.05, 3.63) is 59.7 Å². The number of aliphatic hydroxyl groups is 4. The van der Waals surface area contributed by atoms with Crippen molar-refractivity contribution >= 4 is 33.2 Å². The molecule has 0 saturated carbocycles. The largest absolute Gasteiger partial charge is 0.395 e. The summed E-state index contributed by atoms with van der Waals surface area (Å²) in [6.07, 6.45) is 0. The Balaban J connectivity index is 0.000000182. The van der Waals surface area contributed by atoms with Crippen molar-refractivity contribution in [2.75, 3.05) is 37.9 Å². The van der Waals surface area contributed by atoms with Gasteiger partial charge in [0.2, 0.25) is 0 Å². The summed E-state index contributed by atoms with van der Waals surface area (Å²) in [6.45, 7) is -1.97. The molecule has 0 spiro atoms. The molecule has 0 bridgehead atoms. The Kier molecular flexibility index (Phi) is 7.23. The number of hydrogen-bond acceptors (Lipinski definition) is 9. The van der Waals surface area contributed by atoms with Crippen LogP contribution in [0.1, 0.15) is 20.7 Å². The fraction of sp³-hybridized carbons (Fsp3) is 0.364. The Morgan fingerprint density at radius 3 is 1.84 bits per heavy atom. The van der Waals surface area contributed by atoms with E-state index in [4.69, 9.17) is 0 Å². The molecule has 0 unspecified atom stereocenters. The molecule has 32 heavy (non-hydrogen) atoms. The highest BCUT2D eigenvalue weighted by molar-refractivity contribution is 7.99. The van der Waals surface area contributed by atoms with Crippen molar-refractivity contribution in [3.8, 4) is 0 Å². The molecule has 0 amide bonds. The van der Waals surface area contributed by atoms with Gasteiger partial charge in [-0.05, 0) is 12.1 Å². The van der Waals surface area contributed by atoms with E-state index in [1.54, 1.807) is 18.2 Å². The minimum absolute atomic E-state index is 0.0254. The van der Waals surface area contributed by atoms with Crippen molar-refractivity contribution in [2.24, 2.45) is 10.8 Å². The molecule has 0 radical (unpaired) electrons. The molecule has 2 aliphatic heterocycles. The first-order valence-corrected chi connectivity index (χ1v) is 12.4. The summed E-state index contributed by atoms with van der Waals surface area (Å²) in [5.74, 6) is -0.784. The average Bonchev–Trinajstić information content (AvgIpc) is 2.83. The van der Waals surface area contributed by atoms with Gasteiger partial charge in [0.25, 0.3) is 0 Å². The number of sulfone groups is 1. The smallest absolute Gasteiger partial charge is 0.180 e. The summed E-state index contributed by atoms with van der Waals surface area (Å²) in [7, 11) is -3.65. The summed E-state index contributed by atoms with van der Waals surface area (Å²) in [5.41, 5.74) is -1.97. The zero-order valence-corrected chi connectivity index (χ0v) is 18.7. The lowest BCUT2D eigenvalue weighted by Gasteiger charge is -2.32. The summed E-state index contributed by atoms with van der Waals surface area (Å²) in [5, 5.41) is 36.9. The van der Waals surface area contributed by atoms with Gasteiger partial charge in [-0.2, -0.15) is 0 Å². The zero-order valence-electron chi connectivity index (χ0n) is 17.1. The molecule has 0 aromatic heterocycles. The predicted molar refractivity (Wildman–Crippen MR) is 118 cm³/mol. The molecule has 10 heteroatoms. The number of Topliss-reactive ketones (excluding diaryl/α,β-unsaturated/α-hetero) is 2. The van der Waals surface area contributed by atoms with E-state index < -0.39 is 45.4 Å². The fourth-order valence-electron chi connectivity index (χ4n) is 3.64. The van der Waals surface area contributed by atoms with Gasteiger partial charge in [0.05, 0.1) is 47.9 Å². The van der Waals surface area contributed by atoms with E-state index >= 15 is 0 Å². The number of ketones is 2. The number of thioether (sulfide) groups is 1. The minimum Gasteiger partial charge on any atom is -0.395 e. The van der Waals surface area contributed by atoms with Crippen LogP contribution in [0.15, 0.2) is 58.3 Å². The predicted octanol–water partition coefficient (Wildman–Crippen LogP) is 0.574. The molecule has 0 aliphatic carbocycles. The van der Waals surface area contributed by atoms with E-state index in [1.807, 2.05) is 12.1 Å². The molecular formula is C22H24O8S2. The van der Waals surface area contributed by atoms with E-state index in [-0.39, 0.29) is 29.5 Å². The van der Waals surface area contributed by atoms with Crippen LogP contribution < -0.4 is 0 Å². The normalized spacial score (nSPS) is 19.9.